The molecule has 0 bridgehead atoms. The maximum Gasteiger partial charge on any atom is 0.264 e. The number of fused-ring (bicyclic) bond motifs is 2. The first-order chi connectivity index (χ1) is 26.3. The van der Waals surface area contributed by atoms with Crippen LogP contribution in [-0.2, 0) is 42.5 Å². The number of nitrogens with zero attached hydrogens (tertiary/aromatic N) is 6. The van der Waals surface area contributed by atoms with Gasteiger partial charge in [0.25, 0.3) is 11.8 Å². The number of hydrogen-bond donors (Lipinski definition) is 0. The number of ether oxygens (including phenoxy) is 1. The van der Waals surface area contributed by atoms with Crippen molar-refractivity contribution in [3.63, 3.8) is 0 Å². The number of para-hydroxylation sites is 1. The molecule has 5 heterocycles. The van der Waals surface area contributed by atoms with Crippen LogP contribution in [0.15, 0.2) is 97.3 Å². The number of anilines is 2. The molecule has 3 aliphatic heterocycles. The van der Waals surface area contributed by atoms with Crippen LogP contribution in [0.2, 0.25) is 0 Å². The summed E-state index contributed by atoms with van der Waals surface area (Å²) in [5, 5.41) is 0. The number of amides is 3. The molecule has 5 aromatic rings. The first-order valence-corrected chi connectivity index (χ1v) is 18.8. The summed E-state index contributed by atoms with van der Waals surface area (Å²) in [5.41, 5.74) is 9.50. The molecule has 0 radical (unpaired) electrons. The molecule has 0 saturated carbocycles. The largest absolute Gasteiger partial charge is 0.379 e. The average molecular weight is 723 g/mol. The van der Waals surface area contributed by atoms with Crippen LogP contribution >= 0.6 is 0 Å². The normalized spacial score (nSPS) is 17.1. The zero-order valence-electron chi connectivity index (χ0n) is 31.2. The minimum Gasteiger partial charge on any atom is -0.379 e. The molecular weight excluding hydrogens is 677 g/mol. The van der Waals surface area contributed by atoms with Gasteiger partial charge < -0.3 is 19.1 Å². The number of hydrogen-bond acceptors (Lipinski definition) is 6. The third kappa shape index (κ3) is 6.83. The van der Waals surface area contributed by atoms with E-state index in [9.17, 15) is 9.59 Å². The van der Waals surface area contributed by atoms with Crippen molar-refractivity contribution in [2.45, 2.75) is 45.8 Å². The van der Waals surface area contributed by atoms with E-state index in [1.807, 2.05) is 84.1 Å². The Hall–Kier alpha value is -5.58. The van der Waals surface area contributed by atoms with E-state index >= 15 is 4.79 Å². The number of benzene rings is 3. The van der Waals surface area contributed by atoms with Gasteiger partial charge in [-0.1, -0.05) is 42.5 Å². The molecule has 1 saturated heterocycles. The standard InChI is InChI=1S/C44H46N6O4/c1-30-39(44(53)50(36-11-5-4-6-12-36)37-13-16-45-17-14-37)26-42(46(30)3)40-24-33-15-18-48(31(2)51)27-35(33)25-41(40)43(52)49-28-34-10-8-7-9-32(34)23-38(49)29-47-19-21-54-22-20-47/h4-14,16-17,24-26,38H,15,18-23,27-29H2,1-3H3/t38-/m0/s1. The fourth-order valence-electron chi connectivity index (χ4n) is 8.24. The van der Waals surface area contributed by atoms with E-state index in [-0.39, 0.29) is 23.8 Å². The quantitative estimate of drug-likeness (QED) is 0.200. The summed E-state index contributed by atoms with van der Waals surface area (Å²) >= 11 is 0. The van der Waals surface area contributed by atoms with Crippen molar-refractivity contribution in [3.05, 3.63) is 136 Å². The van der Waals surface area contributed by atoms with Gasteiger partial charge in [0.2, 0.25) is 5.91 Å². The van der Waals surface area contributed by atoms with Gasteiger partial charge in [-0.3, -0.25) is 29.2 Å². The smallest absolute Gasteiger partial charge is 0.264 e. The topological polar surface area (TPSA) is 91.2 Å². The molecule has 3 amide bonds. The van der Waals surface area contributed by atoms with E-state index in [2.05, 4.69) is 39.0 Å². The lowest BCUT2D eigenvalue weighted by Gasteiger charge is -2.41. The Balaban J connectivity index is 1.23. The maximum absolute atomic E-state index is 15.3. The number of carbonyl (C=O) groups excluding carboxylic acids is 3. The minimum absolute atomic E-state index is 0.0224. The maximum atomic E-state index is 15.3. The molecule has 2 aromatic heterocycles. The van der Waals surface area contributed by atoms with Gasteiger partial charge >= 0.3 is 0 Å². The zero-order chi connectivity index (χ0) is 37.3. The predicted octanol–water partition coefficient (Wildman–Crippen LogP) is 6.18. The summed E-state index contributed by atoms with van der Waals surface area (Å²) in [6.45, 7) is 8.95. The Kier molecular flexibility index (Phi) is 9.87. The Morgan fingerprint density at radius 1 is 0.796 bits per heavy atom. The second-order valence-electron chi connectivity index (χ2n) is 14.6. The van der Waals surface area contributed by atoms with Crippen LogP contribution in [0.5, 0.6) is 0 Å². The number of carbonyl (C=O) groups is 3. The van der Waals surface area contributed by atoms with Crippen molar-refractivity contribution in [1.29, 1.82) is 0 Å². The summed E-state index contributed by atoms with van der Waals surface area (Å²) in [7, 11) is 1.96. The fraction of sp³-hybridized carbons (Fsp3) is 0.318. The molecular formula is C44H46N6O4. The van der Waals surface area contributed by atoms with Crippen LogP contribution in [-0.4, -0.2) is 87.4 Å². The van der Waals surface area contributed by atoms with Crippen molar-refractivity contribution < 1.29 is 19.1 Å². The van der Waals surface area contributed by atoms with Gasteiger partial charge in [0.1, 0.15) is 0 Å². The molecule has 8 rings (SSSR count). The summed E-state index contributed by atoms with van der Waals surface area (Å²) in [5.74, 6) is -0.197. The average Bonchev–Trinajstić information content (AvgIpc) is 3.50. The zero-order valence-corrected chi connectivity index (χ0v) is 31.2. The Labute approximate surface area is 316 Å². The van der Waals surface area contributed by atoms with Crippen LogP contribution in [0.3, 0.4) is 0 Å². The molecule has 0 N–H and O–H groups in total. The van der Waals surface area contributed by atoms with Crippen LogP contribution < -0.4 is 4.90 Å². The predicted molar refractivity (Wildman–Crippen MR) is 209 cm³/mol. The molecule has 276 valence electrons. The summed E-state index contributed by atoms with van der Waals surface area (Å²) in [6, 6.07) is 27.8. The van der Waals surface area contributed by atoms with Crippen LogP contribution in [0.4, 0.5) is 11.4 Å². The molecule has 1 fully saturated rings. The van der Waals surface area contributed by atoms with Crippen molar-refractivity contribution >= 4 is 29.1 Å². The number of aromatic nitrogens is 2. The molecule has 0 spiro atoms. The highest BCUT2D eigenvalue weighted by atomic mass is 16.5. The number of rotatable bonds is 7. The van der Waals surface area contributed by atoms with Gasteiger partial charge in [-0.2, -0.15) is 0 Å². The highest BCUT2D eigenvalue weighted by Crippen LogP contribution is 2.37. The van der Waals surface area contributed by atoms with E-state index in [0.29, 0.717) is 56.1 Å². The first kappa shape index (κ1) is 35.4. The number of pyridine rings is 1. The highest BCUT2D eigenvalue weighted by Gasteiger charge is 2.35. The van der Waals surface area contributed by atoms with Crippen LogP contribution in [0.25, 0.3) is 11.3 Å². The van der Waals surface area contributed by atoms with Gasteiger partial charge in [-0.15, -0.1) is 0 Å². The van der Waals surface area contributed by atoms with Gasteiger partial charge in [0.15, 0.2) is 0 Å². The van der Waals surface area contributed by atoms with E-state index in [1.54, 1.807) is 24.2 Å². The van der Waals surface area contributed by atoms with E-state index < -0.39 is 0 Å². The lowest BCUT2D eigenvalue weighted by molar-refractivity contribution is -0.129. The Morgan fingerprint density at radius 3 is 2.24 bits per heavy atom. The molecule has 3 aliphatic rings. The van der Waals surface area contributed by atoms with Crippen molar-refractivity contribution in [3.8, 4) is 11.3 Å². The lowest BCUT2D eigenvalue weighted by atomic mass is 9.89. The number of morpholine rings is 1. The second kappa shape index (κ2) is 15.0. The van der Waals surface area contributed by atoms with E-state index in [4.69, 9.17) is 4.74 Å². The minimum atomic E-state index is -0.173. The van der Waals surface area contributed by atoms with E-state index in [0.717, 1.165) is 65.4 Å². The van der Waals surface area contributed by atoms with Gasteiger partial charge in [-0.25, -0.2) is 0 Å². The summed E-state index contributed by atoms with van der Waals surface area (Å²) < 4.78 is 7.68. The molecule has 3 aromatic carbocycles. The fourth-order valence-corrected chi connectivity index (χ4v) is 8.24. The lowest BCUT2D eigenvalue weighted by Crippen LogP contribution is -2.52. The molecule has 10 heteroatoms. The third-order valence-electron chi connectivity index (χ3n) is 11.4. The van der Waals surface area contributed by atoms with Crippen molar-refractivity contribution in [1.82, 2.24) is 24.3 Å². The highest BCUT2D eigenvalue weighted by molar-refractivity contribution is 6.12. The third-order valence-corrected chi connectivity index (χ3v) is 11.4. The van der Waals surface area contributed by atoms with Crippen molar-refractivity contribution in [2.24, 2.45) is 7.05 Å². The first-order valence-electron chi connectivity index (χ1n) is 18.8. The van der Waals surface area contributed by atoms with Gasteiger partial charge in [-0.05, 0) is 84.5 Å². The van der Waals surface area contributed by atoms with Crippen LogP contribution in [0, 0.1) is 6.92 Å². The summed E-state index contributed by atoms with van der Waals surface area (Å²) in [6.07, 6.45) is 4.83. The second-order valence-corrected chi connectivity index (χ2v) is 14.6. The SMILES string of the molecule is CC(=O)N1CCc2cc(-c3cc(C(=O)N(c4ccccc4)c4ccncc4)c(C)n3C)c(C(=O)N3Cc4ccccc4C[C@H]3CN3CCOCC3)cc2C1. The molecule has 0 aliphatic carbocycles. The van der Waals surface area contributed by atoms with E-state index in [1.165, 1.54) is 5.56 Å². The van der Waals surface area contributed by atoms with Gasteiger partial charge in [0, 0.05) is 99.9 Å². The Bertz CT molecular complexity index is 2150. The van der Waals surface area contributed by atoms with Gasteiger partial charge in [0.05, 0.1) is 24.5 Å². The summed E-state index contributed by atoms with van der Waals surface area (Å²) in [4.78, 5) is 54.7. The Morgan fingerprint density at radius 2 is 1.50 bits per heavy atom. The van der Waals surface area contributed by atoms with Crippen molar-refractivity contribution in [2.75, 3.05) is 44.3 Å². The molecule has 54 heavy (non-hydrogen) atoms. The molecule has 0 unspecified atom stereocenters. The molecule has 10 nitrogen and oxygen atoms in total. The molecule has 1 atom stereocenters. The monoisotopic (exact) mass is 722 g/mol. The van der Waals surface area contributed by atoms with Crippen LogP contribution in [0.1, 0.15) is 55.6 Å².